The van der Waals surface area contributed by atoms with Gasteiger partial charge < -0.3 is 16.2 Å². The minimum absolute atomic E-state index is 0.0144. The van der Waals surface area contributed by atoms with Gasteiger partial charge in [-0.1, -0.05) is 31.9 Å². The number of benzene rings is 1. The Balaban J connectivity index is 2.94. The van der Waals surface area contributed by atoms with E-state index in [1.165, 1.54) is 18.2 Å². The van der Waals surface area contributed by atoms with Gasteiger partial charge in [0.2, 0.25) is 5.91 Å². The smallest absolute Gasteiger partial charge is 0.337 e. The second-order valence-electron chi connectivity index (χ2n) is 4.40. The minimum atomic E-state index is -1.16. The van der Waals surface area contributed by atoms with Gasteiger partial charge in [0.1, 0.15) is 0 Å². The van der Waals surface area contributed by atoms with E-state index in [1.807, 2.05) is 13.8 Å². The van der Waals surface area contributed by atoms with Crippen molar-refractivity contribution in [3.05, 3.63) is 28.8 Å². The summed E-state index contributed by atoms with van der Waals surface area (Å²) in [5.41, 5.74) is 5.93. The number of halogens is 1. The van der Waals surface area contributed by atoms with Crippen LogP contribution in [-0.4, -0.2) is 23.0 Å². The van der Waals surface area contributed by atoms with Crippen molar-refractivity contribution in [1.82, 2.24) is 0 Å². The summed E-state index contributed by atoms with van der Waals surface area (Å²) in [4.78, 5) is 23.0. The molecule has 0 aliphatic heterocycles. The molecule has 0 radical (unpaired) electrons. The van der Waals surface area contributed by atoms with Gasteiger partial charge in [0.15, 0.2) is 0 Å². The van der Waals surface area contributed by atoms with Crippen LogP contribution in [0.25, 0.3) is 0 Å². The lowest BCUT2D eigenvalue weighted by Gasteiger charge is -2.18. The molecule has 0 unspecified atom stereocenters. The highest BCUT2D eigenvalue weighted by Crippen LogP contribution is 2.21. The first-order valence-electron chi connectivity index (χ1n) is 5.96. The molecule has 0 aromatic heterocycles. The summed E-state index contributed by atoms with van der Waals surface area (Å²) in [6, 6.07) is 3.57. The van der Waals surface area contributed by atoms with E-state index < -0.39 is 17.9 Å². The predicted octanol–water partition coefficient (Wildman–Crippen LogP) is 2.35. The molecule has 0 aliphatic carbocycles. The molecule has 1 aromatic rings. The van der Waals surface area contributed by atoms with E-state index >= 15 is 0 Å². The van der Waals surface area contributed by atoms with Crippen LogP contribution in [0.5, 0.6) is 0 Å². The van der Waals surface area contributed by atoms with Gasteiger partial charge >= 0.3 is 5.97 Å². The molecule has 0 saturated carbocycles. The lowest BCUT2D eigenvalue weighted by molar-refractivity contribution is -0.118. The Labute approximate surface area is 116 Å². The average molecular weight is 285 g/mol. The van der Waals surface area contributed by atoms with Crippen molar-refractivity contribution in [3.63, 3.8) is 0 Å². The van der Waals surface area contributed by atoms with Crippen molar-refractivity contribution in [1.29, 1.82) is 0 Å². The van der Waals surface area contributed by atoms with Crippen molar-refractivity contribution in [2.45, 2.75) is 26.3 Å². The van der Waals surface area contributed by atoms with Gasteiger partial charge in [0.25, 0.3) is 0 Å². The van der Waals surface area contributed by atoms with Crippen molar-refractivity contribution >= 4 is 29.2 Å². The summed E-state index contributed by atoms with van der Waals surface area (Å²) < 4.78 is 0. The molecule has 1 aromatic carbocycles. The summed E-state index contributed by atoms with van der Waals surface area (Å²) in [6.07, 6.45) is 0.765. The van der Waals surface area contributed by atoms with Gasteiger partial charge in [-0.2, -0.15) is 0 Å². The largest absolute Gasteiger partial charge is 0.478 e. The molecule has 6 heteroatoms. The molecule has 4 N–H and O–H groups in total. The second-order valence-corrected chi connectivity index (χ2v) is 4.83. The number of nitrogens with one attached hydrogen (secondary N) is 1. The van der Waals surface area contributed by atoms with Gasteiger partial charge in [-0.15, -0.1) is 0 Å². The van der Waals surface area contributed by atoms with Gasteiger partial charge in [0.05, 0.1) is 17.3 Å². The SMILES string of the molecule is CC[C@H](C)[C@H](N)C(=O)Nc1ccc(Cl)cc1C(=O)O. The lowest BCUT2D eigenvalue weighted by atomic mass is 9.99. The fourth-order valence-electron chi connectivity index (χ4n) is 1.53. The molecule has 0 heterocycles. The monoisotopic (exact) mass is 284 g/mol. The summed E-state index contributed by atoms with van der Waals surface area (Å²) in [7, 11) is 0. The molecule has 0 saturated heterocycles. The molecule has 5 nitrogen and oxygen atoms in total. The number of carboxylic acid groups (broad SMARTS) is 1. The van der Waals surface area contributed by atoms with Gasteiger partial charge in [-0.05, 0) is 24.1 Å². The zero-order valence-electron chi connectivity index (χ0n) is 10.8. The molecule has 0 spiro atoms. The van der Waals surface area contributed by atoms with Crippen LogP contribution < -0.4 is 11.1 Å². The second kappa shape index (κ2) is 6.54. The zero-order chi connectivity index (χ0) is 14.6. The first kappa shape index (κ1) is 15.5. The van der Waals surface area contributed by atoms with E-state index in [4.69, 9.17) is 22.4 Å². The van der Waals surface area contributed by atoms with Crippen LogP contribution in [-0.2, 0) is 4.79 Å². The maximum Gasteiger partial charge on any atom is 0.337 e. The van der Waals surface area contributed by atoms with Crippen LogP contribution in [0.3, 0.4) is 0 Å². The molecule has 2 atom stereocenters. The molecule has 104 valence electrons. The average Bonchev–Trinajstić information content (AvgIpc) is 2.38. The molecule has 0 bridgehead atoms. The van der Waals surface area contributed by atoms with E-state index in [2.05, 4.69) is 5.32 Å². The Hall–Kier alpha value is -1.59. The maximum absolute atomic E-state index is 11.9. The third-order valence-electron chi connectivity index (χ3n) is 3.03. The van der Waals surface area contributed by atoms with E-state index in [0.717, 1.165) is 6.42 Å². The predicted molar refractivity (Wildman–Crippen MR) is 74.5 cm³/mol. The van der Waals surface area contributed by atoms with Crippen LogP contribution in [0.1, 0.15) is 30.6 Å². The summed E-state index contributed by atoms with van der Waals surface area (Å²) in [5, 5.41) is 11.9. The van der Waals surface area contributed by atoms with E-state index in [-0.39, 0.29) is 17.2 Å². The van der Waals surface area contributed by atoms with Gasteiger partial charge in [0, 0.05) is 5.02 Å². The Morgan fingerprint density at radius 3 is 2.63 bits per heavy atom. The first-order valence-corrected chi connectivity index (χ1v) is 6.33. The number of anilines is 1. The molecule has 19 heavy (non-hydrogen) atoms. The Morgan fingerprint density at radius 2 is 2.11 bits per heavy atom. The molecule has 1 rings (SSSR count). The lowest BCUT2D eigenvalue weighted by Crippen LogP contribution is -2.40. The van der Waals surface area contributed by atoms with E-state index in [0.29, 0.717) is 5.02 Å². The molecule has 0 fully saturated rings. The summed E-state index contributed by atoms with van der Waals surface area (Å²) >= 11 is 5.73. The number of rotatable bonds is 5. The quantitative estimate of drug-likeness (QED) is 0.774. The summed E-state index contributed by atoms with van der Waals surface area (Å²) in [6.45, 7) is 3.80. The van der Waals surface area contributed by atoms with Crippen LogP contribution in [0.15, 0.2) is 18.2 Å². The Bertz CT molecular complexity index is 491. The third kappa shape index (κ3) is 3.94. The summed E-state index contributed by atoms with van der Waals surface area (Å²) in [5.74, 6) is -1.55. The van der Waals surface area contributed by atoms with Crippen molar-refractivity contribution < 1.29 is 14.7 Å². The minimum Gasteiger partial charge on any atom is -0.478 e. The molecule has 0 aliphatic rings. The number of carboxylic acids is 1. The zero-order valence-corrected chi connectivity index (χ0v) is 11.6. The number of hydrogen-bond donors (Lipinski definition) is 3. The molecular weight excluding hydrogens is 268 g/mol. The number of carbonyl (C=O) groups excluding carboxylic acids is 1. The number of carbonyl (C=O) groups is 2. The number of hydrogen-bond acceptors (Lipinski definition) is 3. The van der Waals surface area contributed by atoms with E-state index in [1.54, 1.807) is 0 Å². The van der Waals surface area contributed by atoms with Crippen molar-refractivity contribution in [2.24, 2.45) is 11.7 Å². The Kier molecular flexibility index (Phi) is 5.32. The Morgan fingerprint density at radius 1 is 1.47 bits per heavy atom. The van der Waals surface area contributed by atoms with Crippen LogP contribution >= 0.6 is 11.6 Å². The number of aromatic carboxylic acids is 1. The fourth-order valence-corrected chi connectivity index (χ4v) is 1.70. The van der Waals surface area contributed by atoms with Gasteiger partial charge in [-0.25, -0.2) is 4.79 Å². The van der Waals surface area contributed by atoms with Crippen molar-refractivity contribution in [3.8, 4) is 0 Å². The number of amides is 1. The highest BCUT2D eigenvalue weighted by Gasteiger charge is 2.21. The standard InChI is InChI=1S/C13H17ClN2O3/c1-3-7(2)11(15)12(17)16-10-5-4-8(14)6-9(10)13(18)19/h4-7,11H,3,15H2,1-2H3,(H,16,17)(H,18,19)/t7-,11-/m0/s1. The van der Waals surface area contributed by atoms with Crippen LogP contribution in [0, 0.1) is 5.92 Å². The van der Waals surface area contributed by atoms with Crippen LogP contribution in [0.4, 0.5) is 5.69 Å². The molecule has 1 amide bonds. The normalized spacial score (nSPS) is 13.7. The number of nitrogens with two attached hydrogens (primary N) is 1. The fraction of sp³-hybridized carbons (Fsp3) is 0.385. The van der Waals surface area contributed by atoms with Crippen molar-refractivity contribution in [2.75, 3.05) is 5.32 Å². The molecular formula is C13H17ClN2O3. The van der Waals surface area contributed by atoms with Gasteiger partial charge in [-0.3, -0.25) is 4.79 Å². The first-order chi connectivity index (χ1) is 8.86. The highest BCUT2D eigenvalue weighted by atomic mass is 35.5. The topological polar surface area (TPSA) is 92.4 Å². The van der Waals surface area contributed by atoms with E-state index in [9.17, 15) is 9.59 Å². The maximum atomic E-state index is 11.9. The highest BCUT2D eigenvalue weighted by molar-refractivity contribution is 6.31. The van der Waals surface area contributed by atoms with Crippen LogP contribution in [0.2, 0.25) is 5.02 Å². The third-order valence-corrected chi connectivity index (χ3v) is 3.26.